The SMILES string of the molecule is CC(C)OC(=O)CNP(OCCSC(=O)C(C)(C)C)OCC1CCC(N(C)/C=C\C(N)=NC=O)O1.CO. The summed E-state index contributed by atoms with van der Waals surface area (Å²) in [7, 11) is 1.25. The number of aliphatic hydroxyl groups excluding tert-OH is 1. The molecule has 1 amide bonds. The first-order valence-electron chi connectivity index (χ1n) is 11.9. The third kappa shape index (κ3) is 16.8. The molecule has 214 valence electrons. The van der Waals surface area contributed by atoms with Crippen LogP contribution in [0.4, 0.5) is 0 Å². The zero-order valence-electron chi connectivity index (χ0n) is 22.8. The predicted molar refractivity (Wildman–Crippen MR) is 146 cm³/mol. The van der Waals surface area contributed by atoms with Crippen LogP contribution in [0.5, 0.6) is 0 Å². The van der Waals surface area contributed by atoms with Crippen LogP contribution in [0.3, 0.4) is 0 Å². The topological polar surface area (TPSA) is 162 Å². The molecule has 0 aromatic heterocycles. The Labute approximate surface area is 225 Å². The molecule has 37 heavy (non-hydrogen) atoms. The van der Waals surface area contributed by atoms with Crippen LogP contribution in [0.25, 0.3) is 0 Å². The smallest absolute Gasteiger partial charge is 0.320 e. The molecule has 0 radical (unpaired) electrons. The highest BCUT2D eigenvalue weighted by atomic mass is 32.2. The monoisotopic (exact) mass is 566 g/mol. The number of aliphatic hydroxyl groups is 1. The molecule has 0 aromatic carbocycles. The Kier molecular flexibility index (Phi) is 18.6. The molecular formula is C23H43N4O8PS. The van der Waals surface area contributed by atoms with Crippen molar-refractivity contribution in [3.05, 3.63) is 12.3 Å². The summed E-state index contributed by atoms with van der Waals surface area (Å²) in [6.45, 7) is 9.68. The van der Waals surface area contributed by atoms with Crippen LogP contribution in [0.1, 0.15) is 47.5 Å². The van der Waals surface area contributed by atoms with Crippen LogP contribution in [-0.4, -0.2) is 91.4 Å². The zero-order valence-corrected chi connectivity index (χ0v) is 24.5. The van der Waals surface area contributed by atoms with E-state index in [4.69, 9.17) is 29.4 Å². The van der Waals surface area contributed by atoms with Gasteiger partial charge in [0.1, 0.15) is 18.6 Å². The van der Waals surface area contributed by atoms with Gasteiger partial charge >= 0.3 is 5.97 Å². The number of amides is 1. The molecule has 0 aromatic rings. The molecule has 1 heterocycles. The Morgan fingerprint density at radius 2 is 1.97 bits per heavy atom. The van der Waals surface area contributed by atoms with Gasteiger partial charge in [-0.25, -0.2) is 5.09 Å². The summed E-state index contributed by atoms with van der Waals surface area (Å²) >= 11 is 1.21. The molecule has 0 aliphatic carbocycles. The number of rotatable bonds is 15. The molecule has 1 saturated heterocycles. The van der Waals surface area contributed by atoms with Gasteiger partial charge in [-0.05, 0) is 32.8 Å². The molecule has 3 unspecified atom stereocenters. The number of hydrogen-bond donors (Lipinski definition) is 3. The molecule has 4 N–H and O–H groups in total. The highest BCUT2D eigenvalue weighted by Gasteiger charge is 2.29. The highest BCUT2D eigenvalue weighted by Crippen LogP contribution is 2.35. The van der Waals surface area contributed by atoms with Crippen LogP contribution in [0, 0.1) is 5.41 Å². The van der Waals surface area contributed by atoms with E-state index in [1.54, 1.807) is 20.0 Å². The van der Waals surface area contributed by atoms with Gasteiger partial charge in [-0.1, -0.05) is 32.5 Å². The van der Waals surface area contributed by atoms with Crippen LogP contribution in [0.2, 0.25) is 0 Å². The van der Waals surface area contributed by atoms with E-state index in [9.17, 15) is 14.4 Å². The maximum atomic E-state index is 12.1. The first-order chi connectivity index (χ1) is 17.4. The van der Waals surface area contributed by atoms with Gasteiger partial charge in [-0.15, -0.1) is 0 Å². The molecule has 1 fully saturated rings. The van der Waals surface area contributed by atoms with Gasteiger partial charge in [0, 0.05) is 31.5 Å². The van der Waals surface area contributed by atoms with Crippen LogP contribution >= 0.6 is 20.3 Å². The summed E-state index contributed by atoms with van der Waals surface area (Å²) in [5.41, 5.74) is 5.16. The first-order valence-corrected chi connectivity index (χ1v) is 14.0. The average Bonchev–Trinajstić information content (AvgIpc) is 3.31. The maximum Gasteiger partial charge on any atom is 0.320 e. The molecule has 0 bridgehead atoms. The lowest BCUT2D eigenvalue weighted by molar-refractivity contribution is -0.145. The number of esters is 1. The lowest BCUT2D eigenvalue weighted by Crippen LogP contribution is -2.29. The average molecular weight is 567 g/mol. The lowest BCUT2D eigenvalue weighted by atomic mass is 10.00. The molecule has 14 heteroatoms. The fourth-order valence-corrected chi connectivity index (χ4v) is 4.67. The Morgan fingerprint density at radius 3 is 2.57 bits per heavy atom. The molecule has 0 spiro atoms. The van der Waals surface area contributed by atoms with Crippen LogP contribution in [0.15, 0.2) is 17.3 Å². The molecule has 0 saturated carbocycles. The number of carbonyl (C=O) groups is 3. The van der Waals surface area contributed by atoms with Crippen molar-refractivity contribution in [3.63, 3.8) is 0 Å². The fraction of sp³-hybridized carbons (Fsp3) is 0.739. The Hall–Kier alpha value is -1.60. The van der Waals surface area contributed by atoms with E-state index in [0.29, 0.717) is 12.2 Å². The first kappa shape index (κ1) is 35.4. The number of nitrogens with one attached hydrogen (secondary N) is 1. The largest absolute Gasteiger partial charge is 0.462 e. The zero-order chi connectivity index (χ0) is 28.4. The Balaban J connectivity index is 0.00000631. The van der Waals surface area contributed by atoms with E-state index in [-0.39, 0.29) is 49.1 Å². The summed E-state index contributed by atoms with van der Waals surface area (Å²) < 4.78 is 22.9. The third-order valence-electron chi connectivity index (χ3n) is 4.46. The van der Waals surface area contributed by atoms with Gasteiger partial charge in [-0.2, -0.15) is 4.99 Å². The fourth-order valence-electron chi connectivity index (χ4n) is 2.69. The number of nitrogens with zero attached hydrogens (tertiary/aromatic N) is 2. The van der Waals surface area contributed by atoms with Crippen molar-refractivity contribution in [1.82, 2.24) is 9.99 Å². The van der Waals surface area contributed by atoms with E-state index >= 15 is 0 Å². The minimum Gasteiger partial charge on any atom is -0.462 e. The standard InChI is InChI=1S/C22H39N4O7PS.CH4O/c1-16(2)32-20(28)13-25-34(30-11-12-35-21(29)22(3,4)5)31-14-17-7-8-19(33-17)26(6)10-9-18(23)24-15-27;1-2/h9-10,15-17,19,25H,7-8,11-14H2,1-6H3,(H2,23,24,27);2H,1H3/b10-9-;. The van der Waals surface area contributed by atoms with Crippen molar-refractivity contribution < 1.29 is 38.0 Å². The Morgan fingerprint density at radius 1 is 1.30 bits per heavy atom. The second kappa shape index (κ2) is 19.5. The van der Waals surface area contributed by atoms with Crippen LogP contribution < -0.4 is 10.8 Å². The Bertz CT molecular complexity index is 749. The number of ether oxygens (including phenoxy) is 2. The number of thioether (sulfide) groups is 1. The second-order valence-corrected chi connectivity index (χ2v) is 11.5. The number of aliphatic imine (C=N–C) groups is 1. The minimum absolute atomic E-state index is 0.0522. The molecule has 12 nitrogen and oxygen atoms in total. The van der Waals surface area contributed by atoms with Gasteiger partial charge in [0.05, 0.1) is 25.4 Å². The van der Waals surface area contributed by atoms with E-state index in [1.807, 2.05) is 32.7 Å². The van der Waals surface area contributed by atoms with Gasteiger partial charge in [0.2, 0.25) is 6.41 Å². The molecule has 3 atom stereocenters. The summed E-state index contributed by atoms with van der Waals surface area (Å²) in [6.07, 6.45) is 4.61. The van der Waals surface area contributed by atoms with Crippen molar-refractivity contribution in [1.29, 1.82) is 0 Å². The molecule has 1 aliphatic rings. The van der Waals surface area contributed by atoms with Gasteiger partial charge in [0.25, 0.3) is 8.53 Å². The van der Waals surface area contributed by atoms with Gasteiger partial charge < -0.3 is 34.3 Å². The number of nitrogens with two attached hydrogens (primary N) is 1. The van der Waals surface area contributed by atoms with Gasteiger partial charge in [-0.3, -0.25) is 14.4 Å². The summed E-state index contributed by atoms with van der Waals surface area (Å²) in [5.74, 6) is 0.184. The summed E-state index contributed by atoms with van der Waals surface area (Å²) in [5, 5.41) is 10.1. The van der Waals surface area contributed by atoms with Crippen molar-refractivity contribution in [2.24, 2.45) is 16.1 Å². The van der Waals surface area contributed by atoms with E-state index in [1.165, 1.54) is 17.8 Å². The predicted octanol–water partition coefficient (Wildman–Crippen LogP) is 2.17. The highest BCUT2D eigenvalue weighted by molar-refractivity contribution is 8.13. The van der Waals surface area contributed by atoms with E-state index < -0.39 is 19.9 Å². The lowest BCUT2D eigenvalue weighted by Gasteiger charge is -2.24. The quantitative estimate of drug-likeness (QED) is 0.0662. The van der Waals surface area contributed by atoms with Gasteiger partial charge in [0.15, 0.2) is 5.12 Å². The van der Waals surface area contributed by atoms with Crippen molar-refractivity contribution in [3.8, 4) is 0 Å². The maximum absolute atomic E-state index is 12.1. The number of amidine groups is 1. The normalized spacial score (nSPS) is 18.9. The van der Waals surface area contributed by atoms with Crippen LogP contribution in [-0.2, 0) is 32.9 Å². The minimum atomic E-state index is -1.59. The summed E-state index contributed by atoms with van der Waals surface area (Å²) in [6, 6.07) is 0. The molecular weight excluding hydrogens is 523 g/mol. The summed E-state index contributed by atoms with van der Waals surface area (Å²) in [4.78, 5) is 39.6. The van der Waals surface area contributed by atoms with Crippen molar-refractivity contribution >= 4 is 43.6 Å². The van der Waals surface area contributed by atoms with E-state index in [2.05, 4.69) is 10.1 Å². The molecule has 1 aliphatic heterocycles. The number of carbonyl (C=O) groups excluding carboxylic acids is 3. The third-order valence-corrected chi connectivity index (χ3v) is 6.92. The second-order valence-electron chi connectivity index (χ2n) is 9.08. The van der Waals surface area contributed by atoms with Crippen molar-refractivity contribution in [2.45, 2.75) is 65.9 Å². The van der Waals surface area contributed by atoms with Crippen molar-refractivity contribution in [2.75, 3.05) is 39.7 Å². The van der Waals surface area contributed by atoms with E-state index in [0.717, 1.165) is 20.0 Å². The number of hydrogen-bond acceptors (Lipinski definition) is 11. The molecule has 1 rings (SSSR count).